The van der Waals surface area contributed by atoms with Crippen molar-refractivity contribution in [3.63, 3.8) is 0 Å². The third-order valence-corrected chi connectivity index (χ3v) is 3.99. The highest BCUT2D eigenvalue weighted by Crippen LogP contribution is 2.12. The Bertz CT molecular complexity index is 243. The van der Waals surface area contributed by atoms with E-state index in [0.717, 1.165) is 13.0 Å². The lowest BCUT2D eigenvalue weighted by Gasteiger charge is -2.32. The zero-order valence-corrected chi connectivity index (χ0v) is 12.9. The molecular weight excluding hydrogens is 236 g/mol. The van der Waals surface area contributed by atoms with Gasteiger partial charge in [-0.15, -0.1) is 0 Å². The number of nitrogens with zero attached hydrogens (tertiary/aromatic N) is 1. The van der Waals surface area contributed by atoms with Crippen LogP contribution in [0.5, 0.6) is 0 Å². The maximum Gasteiger partial charge on any atom is 0.217 e. The summed E-state index contributed by atoms with van der Waals surface area (Å²) in [5.41, 5.74) is 0. The Morgan fingerprint density at radius 1 is 1.16 bits per heavy atom. The Morgan fingerprint density at radius 2 is 1.84 bits per heavy atom. The lowest BCUT2D eigenvalue weighted by atomic mass is 10.0. The number of likely N-dealkylation sites (tertiary alicyclic amines) is 1. The van der Waals surface area contributed by atoms with E-state index < -0.39 is 0 Å². The normalized spacial score (nSPS) is 20.4. The summed E-state index contributed by atoms with van der Waals surface area (Å²) in [7, 11) is 0. The van der Waals surface area contributed by atoms with Crippen molar-refractivity contribution >= 4 is 5.91 Å². The molecule has 0 unspecified atom stereocenters. The van der Waals surface area contributed by atoms with Gasteiger partial charge in [-0.3, -0.25) is 4.79 Å². The van der Waals surface area contributed by atoms with Gasteiger partial charge in [-0.05, 0) is 32.4 Å². The SMILES string of the molecule is CCCCCCCCCN1CCC[C@H](NC(C)=O)C1. The molecule has 1 aliphatic heterocycles. The van der Waals surface area contributed by atoms with Crippen LogP contribution in [0.4, 0.5) is 0 Å². The van der Waals surface area contributed by atoms with Crippen molar-refractivity contribution in [2.45, 2.75) is 77.7 Å². The number of rotatable bonds is 9. The Balaban J connectivity index is 2.01. The zero-order chi connectivity index (χ0) is 13.9. The summed E-state index contributed by atoms with van der Waals surface area (Å²) < 4.78 is 0. The van der Waals surface area contributed by atoms with E-state index in [9.17, 15) is 4.79 Å². The quantitative estimate of drug-likeness (QED) is 0.651. The fourth-order valence-electron chi connectivity index (χ4n) is 2.96. The van der Waals surface area contributed by atoms with E-state index in [2.05, 4.69) is 17.1 Å². The molecule has 1 rings (SSSR count). The van der Waals surface area contributed by atoms with Crippen LogP contribution >= 0.6 is 0 Å². The number of unbranched alkanes of at least 4 members (excludes halogenated alkanes) is 6. The first-order valence-corrected chi connectivity index (χ1v) is 8.22. The molecule has 0 radical (unpaired) electrons. The first-order chi connectivity index (χ1) is 9.22. The van der Waals surface area contributed by atoms with E-state index in [1.54, 1.807) is 6.92 Å². The summed E-state index contributed by atoms with van der Waals surface area (Å²) in [6.45, 7) is 7.36. The Morgan fingerprint density at radius 3 is 2.53 bits per heavy atom. The second kappa shape index (κ2) is 10.2. The van der Waals surface area contributed by atoms with Crippen LogP contribution in [0.3, 0.4) is 0 Å². The molecule has 0 bridgehead atoms. The van der Waals surface area contributed by atoms with Gasteiger partial charge in [0.25, 0.3) is 0 Å². The van der Waals surface area contributed by atoms with Gasteiger partial charge >= 0.3 is 0 Å². The number of hydrogen-bond donors (Lipinski definition) is 1. The maximum absolute atomic E-state index is 11.1. The highest BCUT2D eigenvalue weighted by molar-refractivity contribution is 5.73. The Labute approximate surface area is 119 Å². The number of carbonyl (C=O) groups is 1. The van der Waals surface area contributed by atoms with Crippen molar-refractivity contribution in [3.05, 3.63) is 0 Å². The molecule has 1 fully saturated rings. The molecule has 0 aromatic carbocycles. The van der Waals surface area contributed by atoms with Gasteiger partial charge in [0, 0.05) is 19.5 Å². The number of nitrogens with one attached hydrogen (secondary N) is 1. The first-order valence-electron chi connectivity index (χ1n) is 8.22. The molecule has 1 amide bonds. The summed E-state index contributed by atoms with van der Waals surface area (Å²) in [4.78, 5) is 13.6. The topological polar surface area (TPSA) is 32.3 Å². The smallest absolute Gasteiger partial charge is 0.217 e. The fourth-order valence-corrected chi connectivity index (χ4v) is 2.96. The van der Waals surface area contributed by atoms with Crippen molar-refractivity contribution < 1.29 is 4.79 Å². The van der Waals surface area contributed by atoms with E-state index >= 15 is 0 Å². The van der Waals surface area contributed by atoms with Gasteiger partial charge in [0.05, 0.1) is 0 Å². The summed E-state index contributed by atoms with van der Waals surface area (Å²) >= 11 is 0. The molecule has 1 heterocycles. The van der Waals surface area contributed by atoms with Gasteiger partial charge in [-0.2, -0.15) is 0 Å². The molecule has 3 nitrogen and oxygen atoms in total. The highest BCUT2D eigenvalue weighted by Gasteiger charge is 2.19. The minimum atomic E-state index is 0.114. The minimum Gasteiger partial charge on any atom is -0.352 e. The summed E-state index contributed by atoms with van der Waals surface area (Å²) in [5, 5.41) is 3.06. The van der Waals surface area contributed by atoms with E-state index in [0.29, 0.717) is 6.04 Å². The van der Waals surface area contributed by atoms with E-state index in [1.807, 2.05) is 0 Å². The molecule has 1 N–H and O–H groups in total. The van der Waals surface area contributed by atoms with Crippen molar-refractivity contribution in [1.82, 2.24) is 10.2 Å². The van der Waals surface area contributed by atoms with E-state index in [1.165, 1.54) is 64.5 Å². The molecule has 0 saturated carbocycles. The van der Waals surface area contributed by atoms with Gasteiger partial charge in [-0.1, -0.05) is 45.4 Å². The van der Waals surface area contributed by atoms with Crippen molar-refractivity contribution in [2.75, 3.05) is 19.6 Å². The van der Waals surface area contributed by atoms with Gasteiger partial charge in [0.15, 0.2) is 0 Å². The average molecular weight is 268 g/mol. The number of carbonyl (C=O) groups excluding carboxylic acids is 1. The summed E-state index contributed by atoms with van der Waals surface area (Å²) in [6.07, 6.45) is 12.0. The molecule has 1 atom stereocenters. The number of piperidine rings is 1. The van der Waals surface area contributed by atoms with Gasteiger partial charge in [0.1, 0.15) is 0 Å². The molecule has 1 saturated heterocycles. The zero-order valence-electron chi connectivity index (χ0n) is 12.9. The molecule has 19 heavy (non-hydrogen) atoms. The number of amides is 1. The predicted molar refractivity (Wildman–Crippen MR) is 81.3 cm³/mol. The summed E-state index contributed by atoms with van der Waals surface area (Å²) in [6, 6.07) is 0.385. The highest BCUT2D eigenvalue weighted by atomic mass is 16.1. The van der Waals surface area contributed by atoms with Crippen LogP contribution in [0.1, 0.15) is 71.6 Å². The lowest BCUT2D eigenvalue weighted by Crippen LogP contribution is -2.47. The minimum absolute atomic E-state index is 0.114. The van der Waals surface area contributed by atoms with Crippen molar-refractivity contribution in [3.8, 4) is 0 Å². The first kappa shape index (κ1) is 16.5. The Kier molecular flexibility index (Phi) is 8.89. The third kappa shape index (κ3) is 8.25. The van der Waals surface area contributed by atoms with Crippen LogP contribution in [0, 0.1) is 0 Å². The van der Waals surface area contributed by atoms with Gasteiger partial charge in [0.2, 0.25) is 5.91 Å². The lowest BCUT2D eigenvalue weighted by molar-refractivity contribution is -0.120. The van der Waals surface area contributed by atoms with Crippen LogP contribution in [-0.2, 0) is 4.79 Å². The van der Waals surface area contributed by atoms with Crippen LogP contribution in [0.2, 0.25) is 0 Å². The third-order valence-electron chi connectivity index (χ3n) is 3.99. The molecule has 0 spiro atoms. The summed E-state index contributed by atoms with van der Waals surface area (Å²) in [5.74, 6) is 0.114. The van der Waals surface area contributed by atoms with Crippen LogP contribution in [0.25, 0.3) is 0 Å². The maximum atomic E-state index is 11.1. The molecule has 0 aliphatic carbocycles. The fraction of sp³-hybridized carbons (Fsp3) is 0.938. The van der Waals surface area contributed by atoms with Crippen LogP contribution in [-0.4, -0.2) is 36.5 Å². The van der Waals surface area contributed by atoms with Crippen LogP contribution < -0.4 is 5.32 Å². The second-order valence-electron chi connectivity index (χ2n) is 5.96. The largest absolute Gasteiger partial charge is 0.352 e. The van der Waals surface area contributed by atoms with Gasteiger partial charge in [-0.25, -0.2) is 0 Å². The Hall–Kier alpha value is -0.570. The standard InChI is InChI=1S/C16H32N2O/c1-3-4-5-6-7-8-9-12-18-13-10-11-16(14-18)17-15(2)19/h16H,3-14H2,1-2H3,(H,17,19)/t16-/m0/s1. The number of hydrogen-bond acceptors (Lipinski definition) is 2. The predicted octanol–water partition coefficient (Wildman–Crippen LogP) is 3.34. The van der Waals surface area contributed by atoms with E-state index in [4.69, 9.17) is 0 Å². The second-order valence-corrected chi connectivity index (χ2v) is 5.96. The molecule has 0 aromatic heterocycles. The average Bonchev–Trinajstić information content (AvgIpc) is 2.37. The van der Waals surface area contributed by atoms with Gasteiger partial charge < -0.3 is 10.2 Å². The van der Waals surface area contributed by atoms with E-state index in [-0.39, 0.29) is 5.91 Å². The van der Waals surface area contributed by atoms with Crippen LogP contribution in [0.15, 0.2) is 0 Å². The molecule has 112 valence electrons. The molecule has 3 heteroatoms. The molecule has 1 aliphatic rings. The van der Waals surface area contributed by atoms with Crippen molar-refractivity contribution in [1.29, 1.82) is 0 Å². The molecule has 0 aromatic rings. The molecular formula is C16H32N2O. The van der Waals surface area contributed by atoms with Crippen molar-refractivity contribution in [2.24, 2.45) is 0 Å². The monoisotopic (exact) mass is 268 g/mol.